The van der Waals surface area contributed by atoms with Crippen LogP contribution in [0.25, 0.3) is 0 Å². The molecule has 2 aromatic carbocycles. The Balaban J connectivity index is 1.61. The second-order valence-electron chi connectivity index (χ2n) is 6.83. The van der Waals surface area contributed by atoms with Crippen molar-refractivity contribution >= 4 is 17.4 Å². The molecule has 1 aromatic heterocycles. The van der Waals surface area contributed by atoms with E-state index in [1.54, 1.807) is 19.1 Å². The van der Waals surface area contributed by atoms with E-state index in [1.165, 1.54) is 16.3 Å². The number of nitrogens with one attached hydrogen (secondary N) is 1. The van der Waals surface area contributed by atoms with Crippen LogP contribution in [0.2, 0.25) is 0 Å². The van der Waals surface area contributed by atoms with Crippen LogP contribution in [0.4, 0.5) is 11.5 Å². The average molecular weight is 394 g/mol. The highest BCUT2D eigenvalue weighted by molar-refractivity contribution is 5.91. The summed E-state index contributed by atoms with van der Waals surface area (Å²) in [6.45, 7) is 5.94. The van der Waals surface area contributed by atoms with Crippen LogP contribution >= 0.6 is 0 Å². The highest BCUT2D eigenvalue weighted by Crippen LogP contribution is 2.22. The molecule has 0 aliphatic carbocycles. The second kappa shape index (κ2) is 8.55. The molecule has 3 aromatic rings. The van der Waals surface area contributed by atoms with Gasteiger partial charge in [0.2, 0.25) is 11.7 Å². The number of carbonyl (C=O) groups is 1. The molecular formula is C21H22N4O4. The minimum absolute atomic E-state index is 0.0578. The number of nitro groups is 1. The van der Waals surface area contributed by atoms with Gasteiger partial charge in [-0.2, -0.15) is 0 Å². The molecule has 0 bridgehead atoms. The van der Waals surface area contributed by atoms with Crippen molar-refractivity contribution in [3.8, 4) is 5.75 Å². The Kier molecular flexibility index (Phi) is 5.92. The van der Waals surface area contributed by atoms with E-state index in [1.807, 2.05) is 38.1 Å². The van der Waals surface area contributed by atoms with E-state index in [0.717, 1.165) is 11.1 Å². The SMILES string of the molecule is Cc1cccc(COc2ccc(NC(=O)Cn3cc([N+](=O)[O-])nc3C)c(C)c2)c1. The lowest BCUT2D eigenvalue weighted by molar-refractivity contribution is -0.389. The lowest BCUT2D eigenvalue weighted by Gasteiger charge is -2.12. The smallest absolute Gasteiger partial charge is 0.381 e. The van der Waals surface area contributed by atoms with Gasteiger partial charge in [0.15, 0.2) is 0 Å². The molecule has 3 rings (SSSR count). The van der Waals surface area contributed by atoms with E-state index in [4.69, 9.17) is 4.74 Å². The minimum atomic E-state index is -0.582. The zero-order valence-corrected chi connectivity index (χ0v) is 16.5. The number of aromatic nitrogens is 2. The Bertz CT molecular complexity index is 1060. The zero-order valence-electron chi connectivity index (χ0n) is 16.5. The predicted octanol–water partition coefficient (Wildman–Crippen LogP) is 3.93. The Labute approximate surface area is 168 Å². The van der Waals surface area contributed by atoms with E-state index >= 15 is 0 Å². The topological polar surface area (TPSA) is 99.3 Å². The summed E-state index contributed by atoms with van der Waals surface area (Å²) >= 11 is 0. The van der Waals surface area contributed by atoms with Gasteiger partial charge in [-0.15, -0.1) is 0 Å². The van der Waals surface area contributed by atoms with Crippen molar-refractivity contribution in [3.63, 3.8) is 0 Å². The molecule has 0 spiro atoms. The van der Waals surface area contributed by atoms with Gasteiger partial charge in [-0.05, 0) is 53.1 Å². The number of benzene rings is 2. The molecule has 0 aliphatic heterocycles. The van der Waals surface area contributed by atoms with Crippen LogP contribution in [-0.2, 0) is 17.9 Å². The predicted molar refractivity (Wildman–Crippen MR) is 109 cm³/mol. The first-order valence-electron chi connectivity index (χ1n) is 9.09. The van der Waals surface area contributed by atoms with Gasteiger partial charge in [0.1, 0.15) is 25.1 Å². The van der Waals surface area contributed by atoms with E-state index in [9.17, 15) is 14.9 Å². The Morgan fingerprint density at radius 2 is 2.00 bits per heavy atom. The van der Waals surface area contributed by atoms with E-state index < -0.39 is 4.92 Å². The number of aryl methyl sites for hydroxylation is 3. The van der Waals surface area contributed by atoms with Crippen molar-refractivity contribution in [3.05, 3.63) is 81.3 Å². The number of amides is 1. The molecule has 1 heterocycles. The van der Waals surface area contributed by atoms with E-state index in [0.29, 0.717) is 23.9 Å². The van der Waals surface area contributed by atoms with Crippen molar-refractivity contribution in [1.29, 1.82) is 0 Å². The lowest BCUT2D eigenvalue weighted by atomic mass is 10.1. The van der Waals surface area contributed by atoms with Gasteiger partial charge in [0.25, 0.3) is 0 Å². The molecule has 0 atom stereocenters. The first-order valence-corrected chi connectivity index (χ1v) is 9.09. The summed E-state index contributed by atoms with van der Waals surface area (Å²) in [6, 6.07) is 13.6. The first kappa shape index (κ1) is 20.1. The van der Waals surface area contributed by atoms with Gasteiger partial charge >= 0.3 is 5.82 Å². The van der Waals surface area contributed by atoms with Gasteiger partial charge in [-0.3, -0.25) is 9.36 Å². The quantitative estimate of drug-likeness (QED) is 0.483. The molecule has 0 aliphatic rings. The molecule has 0 fully saturated rings. The summed E-state index contributed by atoms with van der Waals surface area (Å²) in [5, 5.41) is 13.6. The highest BCUT2D eigenvalue weighted by Gasteiger charge is 2.17. The standard InChI is InChI=1S/C21H22N4O4/c1-14-5-4-6-17(9-14)13-29-18-7-8-19(15(2)10-18)23-21(26)12-24-11-20(25(27)28)22-16(24)3/h4-11H,12-13H2,1-3H3,(H,23,26). The Hall–Kier alpha value is -3.68. The molecule has 1 amide bonds. The molecule has 1 N–H and O–H groups in total. The van der Waals surface area contributed by atoms with Crippen LogP contribution in [0.5, 0.6) is 5.75 Å². The van der Waals surface area contributed by atoms with Gasteiger partial charge in [0.05, 0.1) is 0 Å². The van der Waals surface area contributed by atoms with Crippen molar-refractivity contribution < 1.29 is 14.5 Å². The Morgan fingerprint density at radius 3 is 2.66 bits per heavy atom. The summed E-state index contributed by atoms with van der Waals surface area (Å²) in [6.07, 6.45) is 1.25. The number of hydrogen-bond acceptors (Lipinski definition) is 5. The zero-order chi connectivity index (χ0) is 21.0. The van der Waals surface area contributed by atoms with Crippen LogP contribution in [-0.4, -0.2) is 20.4 Å². The number of rotatable bonds is 7. The number of anilines is 1. The maximum absolute atomic E-state index is 12.3. The van der Waals surface area contributed by atoms with Crippen LogP contribution in [0.1, 0.15) is 22.5 Å². The molecule has 150 valence electrons. The molecular weight excluding hydrogens is 372 g/mol. The third-order valence-electron chi connectivity index (χ3n) is 4.42. The average Bonchev–Trinajstić information content (AvgIpc) is 3.03. The van der Waals surface area contributed by atoms with Crippen LogP contribution in [0, 0.1) is 30.9 Å². The number of imidazole rings is 1. The normalized spacial score (nSPS) is 10.6. The van der Waals surface area contributed by atoms with E-state index in [-0.39, 0.29) is 18.3 Å². The highest BCUT2D eigenvalue weighted by atomic mass is 16.6. The molecule has 0 saturated heterocycles. The number of hydrogen-bond donors (Lipinski definition) is 1. The molecule has 8 nitrogen and oxygen atoms in total. The largest absolute Gasteiger partial charge is 0.489 e. The van der Waals surface area contributed by atoms with Crippen molar-refractivity contribution in [2.75, 3.05) is 5.32 Å². The van der Waals surface area contributed by atoms with Crippen LogP contribution in [0.3, 0.4) is 0 Å². The number of ether oxygens (including phenoxy) is 1. The molecule has 0 unspecified atom stereocenters. The second-order valence-corrected chi connectivity index (χ2v) is 6.83. The fourth-order valence-corrected chi connectivity index (χ4v) is 2.92. The van der Waals surface area contributed by atoms with Crippen molar-refractivity contribution in [2.24, 2.45) is 0 Å². The monoisotopic (exact) mass is 394 g/mol. The number of carbonyl (C=O) groups excluding carboxylic acids is 1. The van der Waals surface area contributed by atoms with Crippen LogP contribution in [0.15, 0.2) is 48.7 Å². The molecule has 0 radical (unpaired) electrons. The van der Waals surface area contributed by atoms with Gasteiger partial charge < -0.3 is 20.2 Å². The number of nitrogens with zero attached hydrogens (tertiary/aromatic N) is 3. The van der Waals surface area contributed by atoms with Gasteiger partial charge in [0, 0.05) is 12.6 Å². The van der Waals surface area contributed by atoms with Crippen molar-refractivity contribution in [2.45, 2.75) is 33.9 Å². The Morgan fingerprint density at radius 1 is 1.21 bits per heavy atom. The molecule has 29 heavy (non-hydrogen) atoms. The maximum atomic E-state index is 12.3. The summed E-state index contributed by atoms with van der Waals surface area (Å²) in [5.74, 6) is 0.546. The molecule has 8 heteroatoms. The van der Waals surface area contributed by atoms with Gasteiger partial charge in [-0.1, -0.05) is 29.8 Å². The fourth-order valence-electron chi connectivity index (χ4n) is 2.92. The lowest BCUT2D eigenvalue weighted by Crippen LogP contribution is -2.19. The minimum Gasteiger partial charge on any atom is -0.489 e. The van der Waals surface area contributed by atoms with Crippen molar-refractivity contribution in [1.82, 2.24) is 9.55 Å². The van der Waals surface area contributed by atoms with E-state index in [2.05, 4.69) is 16.4 Å². The fraction of sp³-hybridized carbons (Fsp3) is 0.238. The van der Waals surface area contributed by atoms with Crippen LogP contribution < -0.4 is 10.1 Å². The molecule has 0 saturated carbocycles. The summed E-state index contributed by atoms with van der Waals surface area (Å²) in [4.78, 5) is 26.4. The summed E-state index contributed by atoms with van der Waals surface area (Å²) in [7, 11) is 0. The summed E-state index contributed by atoms with van der Waals surface area (Å²) in [5.41, 5.74) is 3.78. The first-order chi connectivity index (χ1) is 13.8. The van der Waals surface area contributed by atoms with Gasteiger partial charge in [-0.25, -0.2) is 0 Å². The third kappa shape index (κ3) is 5.19. The third-order valence-corrected chi connectivity index (χ3v) is 4.42. The summed E-state index contributed by atoms with van der Waals surface area (Å²) < 4.78 is 7.28. The maximum Gasteiger partial charge on any atom is 0.381 e.